The van der Waals surface area contributed by atoms with E-state index in [9.17, 15) is 0 Å². The van der Waals surface area contributed by atoms with Gasteiger partial charge in [0.25, 0.3) is 0 Å². The first-order chi connectivity index (χ1) is 9.72. The van der Waals surface area contributed by atoms with Gasteiger partial charge in [0.2, 0.25) is 0 Å². The number of benzene rings is 1. The van der Waals surface area contributed by atoms with Crippen molar-refractivity contribution in [3.8, 4) is 0 Å². The third kappa shape index (κ3) is 4.60. The van der Waals surface area contributed by atoms with Crippen LogP contribution in [0.25, 0.3) is 0 Å². The van der Waals surface area contributed by atoms with E-state index < -0.39 is 0 Å². The van der Waals surface area contributed by atoms with Gasteiger partial charge in [-0.25, -0.2) is 0 Å². The zero-order valence-electron chi connectivity index (χ0n) is 13.3. The van der Waals surface area contributed by atoms with Crippen molar-refractivity contribution < 1.29 is 0 Å². The molecule has 0 heterocycles. The van der Waals surface area contributed by atoms with Crippen molar-refractivity contribution >= 4 is 0 Å². The van der Waals surface area contributed by atoms with E-state index in [-0.39, 0.29) is 0 Å². The Bertz CT molecular complexity index is 372. The van der Waals surface area contributed by atoms with Gasteiger partial charge in [-0.2, -0.15) is 0 Å². The van der Waals surface area contributed by atoms with Crippen LogP contribution in [0.15, 0.2) is 30.3 Å². The van der Waals surface area contributed by atoms with Gasteiger partial charge in [0, 0.05) is 12.1 Å². The molecule has 0 radical (unpaired) electrons. The molecule has 0 spiro atoms. The molecule has 2 heteroatoms. The average Bonchev–Trinajstić information content (AvgIpc) is 3.32. The molecule has 1 aromatic carbocycles. The lowest BCUT2D eigenvalue weighted by molar-refractivity contribution is 0.222. The second-order valence-corrected chi connectivity index (χ2v) is 6.26. The molecule has 0 saturated heterocycles. The third-order valence-corrected chi connectivity index (χ3v) is 4.61. The van der Waals surface area contributed by atoms with E-state index >= 15 is 0 Å². The van der Waals surface area contributed by atoms with Crippen LogP contribution in [0.2, 0.25) is 0 Å². The summed E-state index contributed by atoms with van der Waals surface area (Å²) < 4.78 is 0. The molecule has 1 aliphatic rings. The minimum Gasteiger partial charge on any atom is -0.310 e. The predicted molar refractivity (Wildman–Crippen MR) is 86.9 cm³/mol. The fraction of sp³-hybridized carbons (Fsp3) is 0.667. The zero-order valence-corrected chi connectivity index (χ0v) is 13.3. The first-order valence-electron chi connectivity index (χ1n) is 8.21. The SMILES string of the molecule is CCCNC(CCN(C)C(C)C1CC1)c1ccccc1. The largest absolute Gasteiger partial charge is 0.310 e. The number of hydrogen-bond acceptors (Lipinski definition) is 2. The molecule has 0 amide bonds. The average molecular weight is 274 g/mol. The van der Waals surface area contributed by atoms with Crippen LogP contribution >= 0.6 is 0 Å². The van der Waals surface area contributed by atoms with Crippen molar-refractivity contribution in [2.24, 2.45) is 5.92 Å². The van der Waals surface area contributed by atoms with Gasteiger partial charge < -0.3 is 10.2 Å². The standard InChI is InChI=1S/C18H30N2/c1-4-13-19-18(17-8-6-5-7-9-17)12-14-20(3)15(2)16-10-11-16/h5-9,15-16,18-19H,4,10-14H2,1-3H3. The minimum atomic E-state index is 0.491. The van der Waals surface area contributed by atoms with Gasteiger partial charge in [-0.05, 0) is 64.2 Å². The maximum Gasteiger partial charge on any atom is 0.0332 e. The number of nitrogens with one attached hydrogen (secondary N) is 1. The van der Waals surface area contributed by atoms with E-state index in [1.807, 2.05) is 0 Å². The first kappa shape index (κ1) is 15.5. The summed E-state index contributed by atoms with van der Waals surface area (Å²) in [5.41, 5.74) is 1.42. The van der Waals surface area contributed by atoms with Crippen molar-refractivity contribution in [2.75, 3.05) is 20.1 Å². The van der Waals surface area contributed by atoms with E-state index in [2.05, 4.69) is 61.4 Å². The van der Waals surface area contributed by atoms with E-state index in [0.29, 0.717) is 6.04 Å². The highest BCUT2D eigenvalue weighted by Gasteiger charge is 2.30. The molecular weight excluding hydrogens is 244 g/mol. The molecule has 20 heavy (non-hydrogen) atoms. The molecule has 1 N–H and O–H groups in total. The molecule has 1 fully saturated rings. The quantitative estimate of drug-likeness (QED) is 0.736. The Morgan fingerprint density at radius 3 is 2.55 bits per heavy atom. The van der Waals surface area contributed by atoms with Crippen LogP contribution in [0, 0.1) is 5.92 Å². The fourth-order valence-corrected chi connectivity index (χ4v) is 2.87. The Kier molecular flexibility index (Phi) is 6.06. The first-order valence-corrected chi connectivity index (χ1v) is 8.21. The van der Waals surface area contributed by atoms with E-state index in [0.717, 1.165) is 18.5 Å². The molecule has 1 saturated carbocycles. The number of nitrogens with zero attached hydrogens (tertiary/aromatic N) is 1. The van der Waals surface area contributed by atoms with Crippen LogP contribution < -0.4 is 5.32 Å². The molecule has 2 rings (SSSR count). The summed E-state index contributed by atoms with van der Waals surface area (Å²) in [6, 6.07) is 12.1. The molecule has 2 atom stereocenters. The number of rotatable bonds is 9. The van der Waals surface area contributed by atoms with E-state index in [4.69, 9.17) is 0 Å². The topological polar surface area (TPSA) is 15.3 Å². The molecular formula is C18H30N2. The van der Waals surface area contributed by atoms with Crippen molar-refractivity contribution in [1.29, 1.82) is 0 Å². The van der Waals surface area contributed by atoms with Gasteiger partial charge in [0.1, 0.15) is 0 Å². The summed E-state index contributed by atoms with van der Waals surface area (Å²) in [6.07, 6.45) is 5.25. The summed E-state index contributed by atoms with van der Waals surface area (Å²) in [4.78, 5) is 2.54. The highest BCUT2D eigenvalue weighted by Crippen LogP contribution is 2.34. The Balaban J connectivity index is 1.86. The Morgan fingerprint density at radius 2 is 1.95 bits per heavy atom. The summed E-state index contributed by atoms with van der Waals surface area (Å²) in [6.45, 7) is 6.89. The van der Waals surface area contributed by atoms with Crippen LogP contribution in [0.5, 0.6) is 0 Å². The maximum absolute atomic E-state index is 3.70. The van der Waals surface area contributed by atoms with Gasteiger partial charge in [0.05, 0.1) is 0 Å². The number of hydrogen-bond donors (Lipinski definition) is 1. The Morgan fingerprint density at radius 1 is 1.25 bits per heavy atom. The molecule has 2 unspecified atom stereocenters. The summed E-state index contributed by atoms with van der Waals surface area (Å²) in [7, 11) is 2.28. The van der Waals surface area contributed by atoms with Crippen LogP contribution in [0.3, 0.4) is 0 Å². The van der Waals surface area contributed by atoms with E-state index in [1.165, 1.54) is 37.8 Å². The fourth-order valence-electron chi connectivity index (χ4n) is 2.87. The molecule has 1 aliphatic carbocycles. The maximum atomic E-state index is 3.70. The highest BCUT2D eigenvalue weighted by atomic mass is 15.1. The molecule has 112 valence electrons. The molecule has 2 nitrogen and oxygen atoms in total. The molecule has 0 aliphatic heterocycles. The van der Waals surface area contributed by atoms with Gasteiger partial charge in [-0.1, -0.05) is 37.3 Å². The third-order valence-electron chi connectivity index (χ3n) is 4.61. The van der Waals surface area contributed by atoms with Gasteiger partial charge in [-0.3, -0.25) is 0 Å². The van der Waals surface area contributed by atoms with Crippen LogP contribution in [-0.2, 0) is 0 Å². The van der Waals surface area contributed by atoms with Crippen molar-refractivity contribution in [1.82, 2.24) is 10.2 Å². The second-order valence-electron chi connectivity index (χ2n) is 6.26. The van der Waals surface area contributed by atoms with Gasteiger partial charge in [0.15, 0.2) is 0 Å². The predicted octanol–water partition coefficient (Wildman–Crippen LogP) is 3.85. The molecule has 0 bridgehead atoms. The Hall–Kier alpha value is -0.860. The van der Waals surface area contributed by atoms with Gasteiger partial charge in [-0.15, -0.1) is 0 Å². The molecule has 0 aromatic heterocycles. The lowest BCUT2D eigenvalue weighted by atomic mass is 10.0. The smallest absolute Gasteiger partial charge is 0.0332 e. The van der Waals surface area contributed by atoms with Crippen LogP contribution in [-0.4, -0.2) is 31.1 Å². The zero-order chi connectivity index (χ0) is 14.4. The summed E-state index contributed by atoms with van der Waals surface area (Å²) >= 11 is 0. The van der Waals surface area contributed by atoms with Crippen molar-refractivity contribution in [3.63, 3.8) is 0 Å². The lowest BCUT2D eigenvalue weighted by Crippen LogP contribution is -2.34. The van der Waals surface area contributed by atoms with Crippen LogP contribution in [0.4, 0.5) is 0 Å². The monoisotopic (exact) mass is 274 g/mol. The highest BCUT2D eigenvalue weighted by molar-refractivity contribution is 5.18. The van der Waals surface area contributed by atoms with Crippen molar-refractivity contribution in [3.05, 3.63) is 35.9 Å². The molecule has 1 aromatic rings. The minimum absolute atomic E-state index is 0.491. The lowest BCUT2D eigenvalue weighted by Gasteiger charge is -2.27. The van der Waals surface area contributed by atoms with E-state index in [1.54, 1.807) is 0 Å². The normalized spacial score (nSPS) is 18.2. The Labute approximate surface area is 124 Å². The second kappa shape index (κ2) is 7.80. The van der Waals surface area contributed by atoms with Crippen LogP contribution in [0.1, 0.15) is 51.1 Å². The van der Waals surface area contributed by atoms with Gasteiger partial charge >= 0.3 is 0 Å². The summed E-state index contributed by atoms with van der Waals surface area (Å²) in [5.74, 6) is 0.957. The van der Waals surface area contributed by atoms with Crippen molar-refractivity contribution in [2.45, 2.75) is 51.6 Å². The summed E-state index contributed by atoms with van der Waals surface area (Å²) in [5, 5.41) is 3.70.